The van der Waals surface area contributed by atoms with Crippen LogP contribution in [0.3, 0.4) is 0 Å². The Balaban J connectivity index is 2.86. The molecule has 0 heterocycles. The number of carbonyl (C=O) groups excluding carboxylic acids is 1. The number of halogens is 2. The van der Waals surface area contributed by atoms with Gasteiger partial charge < -0.3 is 10.4 Å². The van der Waals surface area contributed by atoms with Gasteiger partial charge in [0.05, 0.1) is 18.2 Å². The topological polar surface area (TPSA) is 49.3 Å². The molecule has 17 heavy (non-hydrogen) atoms. The molecular formula is C12H15F2NO2. The number of hydrogen-bond acceptors (Lipinski definition) is 2. The second kappa shape index (κ2) is 5.72. The minimum atomic E-state index is -1.18. The van der Waals surface area contributed by atoms with E-state index in [0.717, 1.165) is 6.07 Å². The fourth-order valence-corrected chi connectivity index (χ4v) is 1.35. The van der Waals surface area contributed by atoms with Gasteiger partial charge >= 0.3 is 0 Å². The van der Waals surface area contributed by atoms with Crippen LogP contribution in [0.5, 0.6) is 0 Å². The van der Waals surface area contributed by atoms with E-state index in [1.165, 1.54) is 12.1 Å². The zero-order valence-electron chi connectivity index (χ0n) is 9.71. The lowest BCUT2D eigenvalue weighted by atomic mass is 10.0. The molecule has 94 valence electrons. The smallest absolute Gasteiger partial charge is 0.254 e. The first-order chi connectivity index (χ1) is 7.97. The van der Waals surface area contributed by atoms with E-state index >= 15 is 0 Å². The molecular weight excluding hydrogens is 228 g/mol. The third-order valence-corrected chi connectivity index (χ3v) is 2.51. The lowest BCUT2D eigenvalue weighted by Gasteiger charge is -2.20. The largest absolute Gasteiger partial charge is 0.394 e. The highest BCUT2D eigenvalue weighted by molar-refractivity contribution is 5.94. The van der Waals surface area contributed by atoms with E-state index in [9.17, 15) is 13.6 Å². The van der Waals surface area contributed by atoms with E-state index < -0.39 is 23.6 Å². The number of hydrogen-bond donors (Lipinski definition) is 2. The first kappa shape index (κ1) is 13.6. The summed E-state index contributed by atoms with van der Waals surface area (Å²) in [7, 11) is 0. The predicted octanol–water partition coefficient (Wildman–Crippen LogP) is 1.71. The Kier molecular flexibility index (Phi) is 4.57. The van der Waals surface area contributed by atoms with Crippen molar-refractivity contribution in [1.82, 2.24) is 5.32 Å². The van der Waals surface area contributed by atoms with Crippen LogP contribution >= 0.6 is 0 Å². The molecule has 1 amide bonds. The fourth-order valence-electron chi connectivity index (χ4n) is 1.35. The molecule has 0 saturated carbocycles. The summed E-state index contributed by atoms with van der Waals surface area (Å²) >= 11 is 0. The molecule has 1 atom stereocenters. The van der Waals surface area contributed by atoms with Crippen LogP contribution in [0.4, 0.5) is 8.78 Å². The van der Waals surface area contributed by atoms with Gasteiger partial charge in [0.1, 0.15) is 0 Å². The maximum absolute atomic E-state index is 13.3. The van der Waals surface area contributed by atoms with Gasteiger partial charge in [-0.25, -0.2) is 8.78 Å². The molecule has 0 radical (unpaired) electrons. The molecule has 3 nitrogen and oxygen atoms in total. The first-order valence-electron chi connectivity index (χ1n) is 5.33. The van der Waals surface area contributed by atoms with Gasteiger partial charge in [0.15, 0.2) is 11.6 Å². The van der Waals surface area contributed by atoms with Crippen LogP contribution in [-0.2, 0) is 0 Å². The van der Waals surface area contributed by atoms with Crippen molar-refractivity contribution in [2.45, 2.75) is 19.9 Å². The van der Waals surface area contributed by atoms with E-state index in [2.05, 4.69) is 5.32 Å². The fraction of sp³-hybridized carbons (Fsp3) is 0.417. The van der Waals surface area contributed by atoms with Crippen molar-refractivity contribution in [2.24, 2.45) is 5.92 Å². The molecule has 1 aromatic rings. The number of nitrogens with one attached hydrogen (secondary N) is 1. The van der Waals surface area contributed by atoms with E-state index in [1.54, 1.807) is 0 Å². The average molecular weight is 243 g/mol. The minimum Gasteiger partial charge on any atom is -0.394 e. The van der Waals surface area contributed by atoms with Crippen LogP contribution in [0.2, 0.25) is 0 Å². The highest BCUT2D eigenvalue weighted by atomic mass is 19.2. The number of aliphatic hydroxyl groups excluding tert-OH is 1. The van der Waals surface area contributed by atoms with Crippen LogP contribution < -0.4 is 5.32 Å². The van der Waals surface area contributed by atoms with Crippen LogP contribution in [-0.4, -0.2) is 23.7 Å². The van der Waals surface area contributed by atoms with Gasteiger partial charge in [-0.15, -0.1) is 0 Å². The molecule has 1 aromatic carbocycles. The van der Waals surface area contributed by atoms with Crippen LogP contribution in [0, 0.1) is 17.6 Å². The number of rotatable bonds is 4. The highest BCUT2D eigenvalue weighted by Gasteiger charge is 2.19. The molecule has 0 aliphatic heterocycles. The van der Waals surface area contributed by atoms with E-state index in [1.807, 2.05) is 13.8 Å². The van der Waals surface area contributed by atoms with Crippen molar-refractivity contribution in [1.29, 1.82) is 0 Å². The van der Waals surface area contributed by atoms with E-state index in [0.29, 0.717) is 0 Å². The standard InChI is InChI=1S/C12H15F2NO2/c1-7(2)10(6-16)15-12(17)8-4-3-5-9(13)11(8)14/h3-5,7,10,16H,6H2,1-2H3,(H,15,17)/t10-/m1/s1. The molecule has 0 aliphatic carbocycles. The van der Waals surface area contributed by atoms with Crippen molar-refractivity contribution >= 4 is 5.91 Å². The van der Waals surface area contributed by atoms with Crippen molar-refractivity contribution in [3.8, 4) is 0 Å². The second-order valence-electron chi connectivity index (χ2n) is 4.11. The van der Waals surface area contributed by atoms with Gasteiger partial charge in [-0.05, 0) is 18.1 Å². The van der Waals surface area contributed by atoms with Crippen molar-refractivity contribution in [3.05, 3.63) is 35.4 Å². The van der Waals surface area contributed by atoms with E-state index in [4.69, 9.17) is 5.11 Å². The molecule has 0 unspecified atom stereocenters. The summed E-state index contributed by atoms with van der Waals surface area (Å²) in [6, 6.07) is 2.92. The van der Waals surface area contributed by atoms with Gasteiger partial charge in [-0.2, -0.15) is 0 Å². The van der Waals surface area contributed by atoms with Gasteiger partial charge in [0, 0.05) is 0 Å². The Labute approximate surface area is 98.5 Å². The molecule has 0 bridgehead atoms. The number of carbonyl (C=O) groups is 1. The first-order valence-corrected chi connectivity index (χ1v) is 5.33. The van der Waals surface area contributed by atoms with Crippen molar-refractivity contribution in [3.63, 3.8) is 0 Å². The third kappa shape index (κ3) is 3.23. The van der Waals surface area contributed by atoms with Crippen LogP contribution in [0.1, 0.15) is 24.2 Å². The van der Waals surface area contributed by atoms with Crippen LogP contribution in [0.25, 0.3) is 0 Å². The summed E-state index contributed by atoms with van der Waals surface area (Å²) in [5, 5.41) is 11.5. The molecule has 1 rings (SSSR count). The molecule has 5 heteroatoms. The Hall–Kier alpha value is -1.49. The number of amides is 1. The van der Waals surface area contributed by atoms with Crippen molar-refractivity contribution in [2.75, 3.05) is 6.61 Å². The normalized spacial score (nSPS) is 12.6. The summed E-state index contributed by atoms with van der Waals surface area (Å²) < 4.78 is 26.2. The summed E-state index contributed by atoms with van der Waals surface area (Å²) in [5.41, 5.74) is -0.357. The Morgan fingerprint density at radius 2 is 2.06 bits per heavy atom. The summed E-state index contributed by atoms with van der Waals surface area (Å²) in [6.45, 7) is 3.37. The van der Waals surface area contributed by atoms with Gasteiger partial charge in [-0.3, -0.25) is 4.79 Å². The predicted molar refractivity (Wildman–Crippen MR) is 59.5 cm³/mol. The molecule has 0 spiro atoms. The SMILES string of the molecule is CC(C)[C@@H](CO)NC(=O)c1cccc(F)c1F. The summed E-state index contributed by atoms with van der Waals surface area (Å²) in [6.07, 6.45) is 0. The van der Waals surface area contributed by atoms with Crippen molar-refractivity contribution < 1.29 is 18.7 Å². The maximum Gasteiger partial charge on any atom is 0.254 e. The zero-order chi connectivity index (χ0) is 13.0. The van der Waals surface area contributed by atoms with Crippen LogP contribution in [0.15, 0.2) is 18.2 Å². The lowest BCUT2D eigenvalue weighted by molar-refractivity contribution is 0.0891. The van der Waals surface area contributed by atoms with E-state index in [-0.39, 0.29) is 18.1 Å². The maximum atomic E-state index is 13.3. The second-order valence-corrected chi connectivity index (χ2v) is 4.11. The number of benzene rings is 1. The Morgan fingerprint density at radius 3 is 2.59 bits per heavy atom. The zero-order valence-corrected chi connectivity index (χ0v) is 9.71. The summed E-state index contributed by atoms with van der Waals surface area (Å²) in [4.78, 5) is 11.7. The molecule has 0 aliphatic rings. The third-order valence-electron chi connectivity index (χ3n) is 2.51. The molecule has 0 aromatic heterocycles. The summed E-state index contributed by atoms with van der Waals surface area (Å²) in [5.74, 6) is -2.97. The monoisotopic (exact) mass is 243 g/mol. The Bertz CT molecular complexity index is 407. The van der Waals surface area contributed by atoms with Gasteiger partial charge in [-0.1, -0.05) is 19.9 Å². The lowest BCUT2D eigenvalue weighted by Crippen LogP contribution is -2.41. The quantitative estimate of drug-likeness (QED) is 0.845. The minimum absolute atomic E-state index is 0.000528. The molecule has 0 fully saturated rings. The average Bonchev–Trinajstić information content (AvgIpc) is 2.28. The highest BCUT2D eigenvalue weighted by Crippen LogP contribution is 2.12. The Morgan fingerprint density at radius 1 is 1.41 bits per heavy atom. The number of aliphatic hydroxyl groups is 1. The van der Waals surface area contributed by atoms with Gasteiger partial charge in [0.2, 0.25) is 0 Å². The molecule has 2 N–H and O–H groups in total. The van der Waals surface area contributed by atoms with Gasteiger partial charge in [0.25, 0.3) is 5.91 Å². The molecule has 0 saturated heterocycles.